The summed E-state index contributed by atoms with van der Waals surface area (Å²) in [5, 5.41) is 1.91. The summed E-state index contributed by atoms with van der Waals surface area (Å²) in [6.45, 7) is 6.31. The van der Waals surface area contributed by atoms with Crippen LogP contribution >= 0.6 is 0 Å². The van der Waals surface area contributed by atoms with Crippen molar-refractivity contribution in [3.05, 3.63) is 0 Å². The Morgan fingerprint density at radius 3 is 2.83 bits per heavy atom. The molecule has 0 aromatic rings. The highest BCUT2D eigenvalue weighted by molar-refractivity contribution is 5.66. The van der Waals surface area contributed by atoms with Crippen molar-refractivity contribution in [2.45, 2.75) is 69.4 Å². The standard InChI is InChI=1S/C15H21NO7/c1-6(17)19-11-8-5-18-14(20-8)13-9(11)10-12-7(4-16(10)23-13)21-15(2,3)22-12/h7-14H,4-5H2,1-3H3/t7-,8-,9-,10+,11-,12-,13-,14+/m1/s1. The Hall–Kier alpha value is -0.770. The number of rotatable bonds is 1. The number of hydroxylamine groups is 2. The first-order valence-corrected chi connectivity index (χ1v) is 8.16. The Balaban J connectivity index is 1.48. The van der Waals surface area contributed by atoms with Gasteiger partial charge in [0.15, 0.2) is 12.1 Å². The molecule has 5 aliphatic heterocycles. The molecule has 0 unspecified atom stereocenters. The number of nitrogens with zero attached hydrogens (tertiary/aromatic N) is 1. The Kier molecular flexibility index (Phi) is 2.94. The molecule has 8 nitrogen and oxygen atoms in total. The molecular formula is C15H21NO7. The summed E-state index contributed by atoms with van der Waals surface area (Å²) >= 11 is 0. The average molecular weight is 327 g/mol. The monoisotopic (exact) mass is 327 g/mol. The molecule has 0 radical (unpaired) electrons. The molecule has 128 valence electrons. The lowest BCUT2D eigenvalue weighted by atomic mass is 9.82. The van der Waals surface area contributed by atoms with Gasteiger partial charge in [-0.1, -0.05) is 0 Å². The first kappa shape index (κ1) is 14.6. The van der Waals surface area contributed by atoms with Gasteiger partial charge in [0.25, 0.3) is 0 Å². The van der Waals surface area contributed by atoms with E-state index in [0.29, 0.717) is 13.2 Å². The Bertz CT molecular complexity index is 540. The lowest BCUT2D eigenvalue weighted by Crippen LogP contribution is -2.55. The normalized spacial score (nSPS) is 53.0. The second-order valence-corrected chi connectivity index (χ2v) is 7.33. The zero-order valence-electron chi connectivity index (χ0n) is 13.3. The first-order chi connectivity index (χ1) is 10.9. The second kappa shape index (κ2) is 4.65. The number of esters is 1. The van der Waals surface area contributed by atoms with E-state index in [9.17, 15) is 4.79 Å². The lowest BCUT2D eigenvalue weighted by molar-refractivity contribution is -0.251. The van der Waals surface area contributed by atoms with Gasteiger partial charge in [0.2, 0.25) is 0 Å². The van der Waals surface area contributed by atoms with Crippen LogP contribution < -0.4 is 0 Å². The summed E-state index contributed by atoms with van der Waals surface area (Å²) in [5.74, 6) is -0.964. The molecule has 8 atom stereocenters. The molecule has 5 fully saturated rings. The van der Waals surface area contributed by atoms with Crippen LogP contribution in [0.25, 0.3) is 0 Å². The van der Waals surface area contributed by atoms with Crippen LogP contribution in [-0.2, 0) is 33.3 Å². The van der Waals surface area contributed by atoms with Gasteiger partial charge in [-0.05, 0) is 13.8 Å². The third-order valence-corrected chi connectivity index (χ3v) is 5.33. The fourth-order valence-electron chi connectivity index (χ4n) is 4.69. The molecule has 5 heterocycles. The summed E-state index contributed by atoms with van der Waals surface area (Å²) in [6, 6.07) is -0.0216. The summed E-state index contributed by atoms with van der Waals surface area (Å²) in [4.78, 5) is 17.6. The van der Waals surface area contributed by atoms with Gasteiger partial charge in [-0.15, -0.1) is 0 Å². The topological polar surface area (TPSA) is 75.7 Å². The van der Waals surface area contributed by atoms with Crippen molar-refractivity contribution in [2.75, 3.05) is 13.2 Å². The Morgan fingerprint density at radius 2 is 2.04 bits per heavy atom. The SMILES string of the molecule is CC(=O)O[C@H]1[C@@H]2[C@@H](ON3C[C@H]4OC(C)(C)O[C@H]4[C@H]23)[C@H]2OC[C@H]1O2. The van der Waals surface area contributed by atoms with E-state index in [0.717, 1.165) is 0 Å². The van der Waals surface area contributed by atoms with E-state index >= 15 is 0 Å². The van der Waals surface area contributed by atoms with Crippen LogP contribution in [0.1, 0.15) is 20.8 Å². The van der Waals surface area contributed by atoms with Gasteiger partial charge in [-0.3, -0.25) is 9.63 Å². The molecule has 0 saturated carbocycles. The van der Waals surface area contributed by atoms with E-state index < -0.39 is 18.2 Å². The molecule has 23 heavy (non-hydrogen) atoms. The van der Waals surface area contributed by atoms with E-state index in [-0.39, 0.29) is 42.3 Å². The first-order valence-electron chi connectivity index (χ1n) is 8.16. The van der Waals surface area contributed by atoms with Crippen molar-refractivity contribution in [1.29, 1.82) is 0 Å². The zero-order chi connectivity index (χ0) is 15.9. The molecule has 0 aliphatic carbocycles. The molecular weight excluding hydrogens is 306 g/mol. The van der Waals surface area contributed by atoms with Gasteiger partial charge < -0.3 is 23.7 Å². The van der Waals surface area contributed by atoms with E-state index in [1.165, 1.54) is 6.92 Å². The van der Waals surface area contributed by atoms with Crippen LogP contribution in [-0.4, -0.2) is 72.8 Å². The average Bonchev–Trinajstić information content (AvgIpc) is 3.13. The minimum Gasteiger partial charge on any atom is -0.459 e. The van der Waals surface area contributed by atoms with Crippen molar-refractivity contribution in [1.82, 2.24) is 5.06 Å². The van der Waals surface area contributed by atoms with E-state index in [2.05, 4.69) is 0 Å². The summed E-state index contributed by atoms with van der Waals surface area (Å²) in [7, 11) is 0. The maximum absolute atomic E-state index is 11.6. The summed E-state index contributed by atoms with van der Waals surface area (Å²) < 4.78 is 29.2. The van der Waals surface area contributed by atoms with Crippen LogP contribution in [0.5, 0.6) is 0 Å². The molecule has 2 bridgehead atoms. The summed E-state index contributed by atoms with van der Waals surface area (Å²) in [5.41, 5.74) is 0. The maximum atomic E-state index is 11.6. The molecule has 0 spiro atoms. The predicted molar refractivity (Wildman–Crippen MR) is 72.8 cm³/mol. The van der Waals surface area contributed by atoms with Crippen molar-refractivity contribution in [2.24, 2.45) is 5.92 Å². The van der Waals surface area contributed by atoms with Crippen molar-refractivity contribution < 1.29 is 33.3 Å². The maximum Gasteiger partial charge on any atom is 0.303 e. The highest BCUT2D eigenvalue weighted by Crippen LogP contribution is 2.50. The van der Waals surface area contributed by atoms with Crippen molar-refractivity contribution in [3.63, 3.8) is 0 Å². The Labute approximate surface area is 133 Å². The van der Waals surface area contributed by atoms with Gasteiger partial charge in [0.1, 0.15) is 30.5 Å². The number of ether oxygens (including phenoxy) is 5. The number of carbonyl (C=O) groups excluding carboxylic acids is 1. The highest BCUT2D eigenvalue weighted by atomic mass is 16.8. The molecule has 0 aromatic heterocycles. The van der Waals surface area contributed by atoms with Crippen LogP contribution in [0.15, 0.2) is 0 Å². The highest BCUT2D eigenvalue weighted by Gasteiger charge is 2.68. The molecule has 0 N–H and O–H groups in total. The quantitative estimate of drug-likeness (QED) is 0.613. The molecule has 0 amide bonds. The van der Waals surface area contributed by atoms with Gasteiger partial charge in [0.05, 0.1) is 25.1 Å². The number of carbonyl (C=O) groups is 1. The zero-order valence-corrected chi connectivity index (χ0v) is 13.3. The lowest BCUT2D eigenvalue weighted by Gasteiger charge is -2.37. The number of hydrogen-bond acceptors (Lipinski definition) is 8. The van der Waals surface area contributed by atoms with Gasteiger partial charge in [0, 0.05) is 6.92 Å². The molecule has 0 aromatic carbocycles. The number of fused-ring (bicyclic) bond motifs is 8. The molecule has 5 aliphatic rings. The van der Waals surface area contributed by atoms with Crippen LogP contribution in [0.4, 0.5) is 0 Å². The Morgan fingerprint density at radius 1 is 1.22 bits per heavy atom. The second-order valence-electron chi connectivity index (χ2n) is 7.33. The molecule has 5 saturated heterocycles. The van der Waals surface area contributed by atoms with Crippen LogP contribution in [0.3, 0.4) is 0 Å². The largest absolute Gasteiger partial charge is 0.459 e. The van der Waals surface area contributed by atoms with Crippen LogP contribution in [0.2, 0.25) is 0 Å². The minimum atomic E-state index is -0.600. The molecule has 5 rings (SSSR count). The van der Waals surface area contributed by atoms with Gasteiger partial charge in [-0.2, -0.15) is 5.06 Å². The van der Waals surface area contributed by atoms with Crippen molar-refractivity contribution >= 4 is 5.97 Å². The smallest absolute Gasteiger partial charge is 0.303 e. The number of hydrogen-bond donors (Lipinski definition) is 0. The fourth-order valence-corrected chi connectivity index (χ4v) is 4.69. The minimum absolute atomic E-state index is 0.0216. The van der Waals surface area contributed by atoms with E-state index in [4.69, 9.17) is 28.5 Å². The predicted octanol–water partition coefficient (Wildman–Crippen LogP) is -0.192. The van der Waals surface area contributed by atoms with Crippen molar-refractivity contribution in [3.8, 4) is 0 Å². The van der Waals surface area contributed by atoms with E-state index in [1.807, 2.05) is 18.9 Å². The van der Waals surface area contributed by atoms with Crippen LogP contribution in [0, 0.1) is 5.92 Å². The van der Waals surface area contributed by atoms with Gasteiger partial charge >= 0.3 is 5.97 Å². The fraction of sp³-hybridized carbons (Fsp3) is 0.933. The molecule has 8 heteroatoms. The van der Waals surface area contributed by atoms with E-state index in [1.54, 1.807) is 0 Å². The van der Waals surface area contributed by atoms with Gasteiger partial charge in [-0.25, -0.2) is 0 Å². The third kappa shape index (κ3) is 2.03. The summed E-state index contributed by atoms with van der Waals surface area (Å²) in [6.07, 6.45) is -1.46. The third-order valence-electron chi connectivity index (χ3n) is 5.33.